The Bertz CT molecular complexity index is 1140. The number of aryl methyl sites for hydroxylation is 2. The van der Waals surface area contributed by atoms with Gasteiger partial charge in [0.25, 0.3) is 0 Å². The molecular weight excluding hydrogens is 421 g/mol. The van der Waals surface area contributed by atoms with E-state index < -0.39 is 0 Å². The lowest BCUT2D eigenvalue weighted by Crippen LogP contribution is -2.23. The molecule has 1 N–H and O–H groups in total. The molecule has 3 aromatic rings. The molecule has 0 saturated heterocycles. The van der Waals surface area contributed by atoms with E-state index in [0.717, 1.165) is 22.4 Å². The molecule has 0 atom stereocenters. The monoisotopic (exact) mass is 443 g/mol. The molecule has 0 fully saturated rings. The number of nitrogens with zero attached hydrogens (tertiary/aromatic N) is 6. The molecule has 0 aliphatic rings. The molecule has 0 bridgehead atoms. The standard InChI is InChI=1S/C21H23Cl2N7/c1-12(2)16-8-15(26-21-20(16)13(3)28-30(21)5)11-29(4)19(6-7-24)25-14-9-17(22)27-18(23)10-14/h6,8-10,12H,11H2,1-5H3,(H,25,27)/b19-6-. The van der Waals surface area contributed by atoms with E-state index in [4.69, 9.17) is 28.2 Å². The fourth-order valence-corrected chi connectivity index (χ4v) is 3.84. The summed E-state index contributed by atoms with van der Waals surface area (Å²) in [7, 11) is 3.79. The molecule has 30 heavy (non-hydrogen) atoms. The van der Waals surface area contributed by atoms with Crippen LogP contribution in [0.1, 0.15) is 36.7 Å². The Hall–Kier alpha value is -2.82. The molecule has 9 heteroatoms. The Kier molecular flexibility index (Phi) is 6.49. The highest BCUT2D eigenvalue weighted by Gasteiger charge is 2.17. The second kappa shape index (κ2) is 8.90. The van der Waals surface area contributed by atoms with Crippen LogP contribution in [0, 0.1) is 18.3 Å². The first-order valence-corrected chi connectivity index (χ1v) is 10.2. The van der Waals surface area contributed by atoms with Crippen LogP contribution in [0.2, 0.25) is 10.3 Å². The molecule has 0 spiro atoms. The van der Waals surface area contributed by atoms with Gasteiger partial charge >= 0.3 is 0 Å². The summed E-state index contributed by atoms with van der Waals surface area (Å²) in [4.78, 5) is 10.7. The van der Waals surface area contributed by atoms with Crippen LogP contribution in [0.4, 0.5) is 5.69 Å². The number of nitrogens with one attached hydrogen (secondary N) is 1. The van der Waals surface area contributed by atoms with Crippen molar-refractivity contribution in [2.75, 3.05) is 12.4 Å². The lowest BCUT2D eigenvalue weighted by atomic mass is 9.99. The minimum Gasteiger partial charge on any atom is -0.355 e. The summed E-state index contributed by atoms with van der Waals surface area (Å²) in [5.41, 5.74) is 4.56. The van der Waals surface area contributed by atoms with Gasteiger partial charge in [-0.1, -0.05) is 37.0 Å². The third-order valence-corrected chi connectivity index (χ3v) is 5.11. The number of rotatable bonds is 6. The fraction of sp³-hybridized carbons (Fsp3) is 0.333. The largest absolute Gasteiger partial charge is 0.355 e. The number of halogens is 2. The van der Waals surface area contributed by atoms with Crippen LogP contribution in [0.25, 0.3) is 11.0 Å². The molecule has 3 aromatic heterocycles. The van der Waals surface area contributed by atoms with Crippen LogP contribution >= 0.6 is 23.2 Å². The van der Waals surface area contributed by atoms with Gasteiger partial charge in [0, 0.05) is 25.2 Å². The van der Waals surface area contributed by atoms with Crippen molar-refractivity contribution in [1.82, 2.24) is 24.6 Å². The van der Waals surface area contributed by atoms with E-state index >= 15 is 0 Å². The first-order valence-electron chi connectivity index (χ1n) is 9.43. The highest BCUT2D eigenvalue weighted by molar-refractivity contribution is 6.32. The van der Waals surface area contributed by atoms with Crippen LogP contribution in [0.5, 0.6) is 0 Å². The van der Waals surface area contributed by atoms with Gasteiger partial charge in [0.1, 0.15) is 16.1 Å². The van der Waals surface area contributed by atoms with E-state index in [0.29, 0.717) is 24.0 Å². The summed E-state index contributed by atoms with van der Waals surface area (Å²) in [5.74, 6) is 0.917. The van der Waals surface area contributed by atoms with E-state index in [1.807, 2.05) is 30.6 Å². The molecule has 0 aromatic carbocycles. The van der Waals surface area contributed by atoms with Gasteiger partial charge in [-0.05, 0) is 36.6 Å². The Balaban J connectivity index is 1.93. The Morgan fingerprint density at radius 1 is 1.27 bits per heavy atom. The number of anilines is 1. The lowest BCUT2D eigenvalue weighted by Gasteiger charge is -2.23. The van der Waals surface area contributed by atoms with E-state index in [2.05, 4.69) is 41.4 Å². The number of aromatic nitrogens is 4. The molecule has 3 rings (SSSR count). The van der Waals surface area contributed by atoms with Crippen LogP contribution in [-0.2, 0) is 13.6 Å². The molecule has 156 valence electrons. The molecule has 0 amide bonds. The summed E-state index contributed by atoms with van der Waals surface area (Å²) in [6.07, 6.45) is 1.43. The van der Waals surface area contributed by atoms with Crippen molar-refractivity contribution in [2.24, 2.45) is 7.05 Å². The van der Waals surface area contributed by atoms with Gasteiger partial charge < -0.3 is 10.2 Å². The molecule has 0 unspecified atom stereocenters. The number of allylic oxidation sites excluding steroid dienone is 1. The van der Waals surface area contributed by atoms with Gasteiger partial charge in [-0.25, -0.2) is 9.97 Å². The van der Waals surface area contributed by atoms with Crippen molar-refractivity contribution in [3.8, 4) is 6.07 Å². The molecule has 0 radical (unpaired) electrons. The first-order chi connectivity index (χ1) is 14.2. The summed E-state index contributed by atoms with van der Waals surface area (Å²) in [6, 6.07) is 7.48. The topological polar surface area (TPSA) is 82.7 Å². The molecule has 0 aliphatic carbocycles. The third-order valence-electron chi connectivity index (χ3n) is 4.72. The number of nitriles is 1. The van der Waals surface area contributed by atoms with E-state index in [-0.39, 0.29) is 10.3 Å². The van der Waals surface area contributed by atoms with E-state index in [1.54, 1.807) is 12.1 Å². The molecular formula is C21H23Cl2N7. The van der Waals surface area contributed by atoms with E-state index in [1.165, 1.54) is 11.6 Å². The molecule has 3 heterocycles. The predicted octanol–water partition coefficient (Wildman–Crippen LogP) is 5.01. The number of hydrogen-bond acceptors (Lipinski definition) is 6. The quantitative estimate of drug-likeness (QED) is 0.425. The van der Waals surface area contributed by atoms with Crippen LogP contribution in [-0.4, -0.2) is 31.7 Å². The van der Waals surface area contributed by atoms with Gasteiger partial charge in [0.05, 0.1) is 30.1 Å². The number of hydrogen-bond donors (Lipinski definition) is 1. The number of pyridine rings is 2. The Morgan fingerprint density at radius 3 is 2.53 bits per heavy atom. The first kappa shape index (κ1) is 21.9. The third kappa shape index (κ3) is 4.66. The van der Waals surface area contributed by atoms with Crippen LogP contribution in [0.15, 0.2) is 30.1 Å². The average Bonchev–Trinajstić information content (AvgIpc) is 2.93. The zero-order chi connectivity index (χ0) is 22.0. The Morgan fingerprint density at radius 2 is 1.93 bits per heavy atom. The average molecular weight is 444 g/mol. The van der Waals surface area contributed by atoms with Crippen molar-refractivity contribution in [1.29, 1.82) is 5.26 Å². The lowest BCUT2D eigenvalue weighted by molar-refractivity contribution is 0.410. The van der Waals surface area contributed by atoms with Crippen molar-refractivity contribution in [3.63, 3.8) is 0 Å². The Labute approximate surface area is 185 Å². The normalized spacial score (nSPS) is 11.8. The van der Waals surface area contributed by atoms with Gasteiger partial charge in [-0.15, -0.1) is 0 Å². The second-order valence-electron chi connectivity index (χ2n) is 7.41. The van der Waals surface area contributed by atoms with Crippen molar-refractivity contribution >= 4 is 39.9 Å². The van der Waals surface area contributed by atoms with Crippen molar-refractivity contribution < 1.29 is 0 Å². The molecule has 7 nitrogen and oxygen atoms in total. The summed E-state index contributed by atoms with van der Waals surface area (Å²) in [5, 5.41) is 18.6. The zero-order valence-electron chi connectivity index (χ0n) is 17.5. The molecule has 0 saturated carbocycles. The minimum absolute atomic E-state index is 0.268. The summed E-state index contributed by atoms with van der Waals surface area (Å²) >= 11 is 12.0. The smallest absolute Gasteiger partial charge is 0.158 e. The summed E-state index contributed by atoms with van der Waals surface area (Å²) in [6.45, 7) is 6.82. The maximum absolute atomic E-state index is 9.25. The summed E-state index contributed by atoms with van der Waals surface area (Å²) < 4.78 is 1.81. The predicted molar refractivity (Wildman–Crippen MR) is 120 cm³/mol. The van der Waals surface area contributed by atoms with Crippen molar-refractivity contribution in [2.45, 2.75) is 33.2 Å². The van der Waals surface area contributed by atoms with Gasteiger partial charge in [0.2, 0.25) is 0 Å². The van der Waals surface area contributed by atoms with Gasteiger partial charge in [-0.2, -0.15) is 10.4 Å². The highest BCUT2D eigenvalue weighted by Crippen LogP contribution is 2.28. The van der Waals surface area contributed by atoms with E-state index in [9.17, 15) is 5.26 Å². The fourth-order valence-electron chi connectivity index (χ4n) is 3.38. The SMILES string of the molecule is Cc1nn(C)c2nc(CN(C)/C(=C\C#N)Nc3cc(Cl)nc(Cl)c3)cc(C(C)C)c12. The maximum atomic E-state index is 9.25. The van der Waals surface area contributed by atoms with Crippen molar-refractivity contribution in [3.05, 3.63) is 57.4 Å². The second-order valence-corrected chi connectivity index (χ2v) is 8.18. The minimum atomic E-state index is 0.268. The van der Waals surface area contributed by atoms with Crippen LogP contribution in [0.3, 0.4) is 0 Å². The number of fused-ring (bicyclic) bond motifs is 1. The zero-order valence-corrected chi connectivity index (χ0v) is 19.0. The van der Waals surface area contributed by atoms with Gasteiger partial charge in [-0.3, -0.25) is 4.68 Å². The van der Waals surface area contributed by atoms with Gasteiger partial charge in [0.15, 0.2) is 5.65 Å². The van der Waals surface area contributed by atoms with Crippen LogP contribution < -0.4 is 5.32 Å². The highest BCUT2D eigenvalue weighted by atomic mass is 35.5. The molecule has 0 aliphatic heterocycles. The maximum Gasteiger partial charge on any atom is 0.158 e.